The van der Waals surface area contributed by atoms with Crippen LogP contribution < -0.4 is 15.8 Å². The highest BCUT2D eigenvalue weighted by atomic mass is 32.2. The molecule has 0 fully saturated rings. The van der Waals surface area contributed by atoms with Gasteiger partial charge in [-0.05, 0) is 6.07 Å². The summed E-state index contributed by atoms with van der Waals surface area (Å²) in [6.07, 6.45) is 1.97. The molecule has 0 spiro atoms. The molecule has 1 aromatic carbocycles. The maximum atomic E-state index is 11.0. The number of para-hydroxylation sites is 1. The van der Waals surface area contributed by atoms with E-state index in [0.29, 0.717) is 6.61 Å². The molecule has 0 saturated heterocycles. The van der Waals surface area contributed by atoms with Gasteiger partial charge in [-0.1, -0.05) is 18.2 Å². The zero-order chi connectivity index (χ0) is 14.6. The summed E-state index contributed by atoms with van der Waals surface area (Å²) in [5, 5.41) is 3.11. The van der Waals surface area contributed by atoms with Gasteiger partial charge in [0.2, 0.25) is 0 Å². The summed E-state index contributed by atoms with van der Waals surface area (Å²) in [6, 6.07) is 7.81. The highest BCUT2D eigenvalue weighted by molar-refractivity contribution is 7.90. The van der Waals surface area contributed by atoms with E-state index >= 15 is 0 Å². The van der Waals surface area contributed by atoms with Gasteiger partial charge in [0, 0.05) is 18.2 Å². The maximum Gasteiger partial charge on any atom is 0.189 e. The number of nitrogens with one attached hydrogen (secondary N) is 1. The fourth-order valence-corrected chi connectivity index (χ4v) is 2.47. The Hall–Kier alpha value is -1.76. The first-order chi connectivity index (χ1) is 9.46. The molecule has 1 aromatic rings. The van der Waals surface area contributed by atoms with Gasteiger partial charge in [0.1, 0.15) is 15.6 Å². The van der Waals surface area contributed by atoms with Gasteiger partial charge in [0.05, 0.1) is 24.9 Å². The first-order valence-electron chi connectivity index (χ1n) is 6.41. The minimum atomic E-state index is -3.01. The molecule has 6 nitrogen and oxygen atoms in total. The number of benzene rings is 1. The molecule has 1 heterocycles. The van der Waals surface area contributed by atoms with E-state index in [-0.39, 0.29) is 24.3 Å². The van der Waals surface area contributed by atoms with E-state index in [1.807, 2.05) is 24.3 Å². The van der Waals surface area contributed by atoms with Gasteiger partial charge in [0.15, 0.2) is 5.96 Å². The van der Waals surface area contributed by atoms with Crippen molar-refractivity contribution in [2.75, 3.05) is 25.2 Å². The first kappa shape index (κ1) is 14.6. The number of sulfone groups is 1. The summed E-state index contributed by atoms with van der Waals surface area (Å²) >= 11 is 0. The van der Waals surface area contributed by atoms with Gasteiger partial charge in [-0.3, -0.25) is 4.99 Å². The van der Waals surface area contributed by atoms with Crippen molar-refractivity contribution in [3.8, 4) is 5.75 Å². The molecule has 1 aliphatic heterocycles. The van der Waals surface area contributed by atoms with Crippen LogP contribution in [0.3, 0.4) is 0 Å². The summed E-state index contributed by atoms with van der Waals surface area (Å²) in [5.74, 6) is 1.11. The van der Waals surface area contributed by atoms with Crippen molar-refractivity contribution < 1.29 is 13.2 Å². The third kappa shape index (κ3) is 4.12. The van der Waals surface area contributed by atoms with Gasteiger partial charge >= 0.3 is 0 Å². The largest absolute Gasteiger partial charge is 0.493 e. The minimum Gasteiger partial charge on any atom is -0.493 e. The van der Waals surface area contributed by atoms with Crippen LogP contribution in [0.1, 0.15) is 18.0 Å². The standard InChI is InChI=1S/C13H19N3O3S/c1-20(17,18)9-7-15-13(14)16-11-6-8-19-12-5-3-2-4-10(11)12/h2-5,11H,6-9H2,1H3,(H3,14,15,16). The van der Waals surface area contributed by atoms with Crippen LogP contribution in [-0.2, 0) is 9.84 Å². The molecule has 0 bridgehead atoms. The zero-order valence-electron chi connectivity index (χ0n) is 11.4. The van der Waals surface area contributed by atoms with Gasteiger partial charge in [-0.15, -0.1) is 0 Å². The summed E-state index contributed by atoms with van der Waals surface area (Å²) in [4.78, 5) is 4.04. The lowest BCUT2D eigenvalue weighted by Crippen LogP contribution is -2.37. The normalized spacial score (nSPS) is 19.1. The van der Waals surface area contributed by atoms with E-state index in [1.54, 1.807) is 0 Å². The van der Waals surface area contributed by atoms with E-state index in [0.717, 1.165) is 17.7 Å². The number of ether oxygens (including phenoxy) is 1. The Morgan fingerprint density at radius 3 is 3.00 bits per heavy atom. The molecular formula is C13H19N3O3S. The minimum absolute atomic E-state index is 0.000253. The highest BCUT2D eigenvalue weighted by Crippen LogP contribution is 2.31. The summed E-state index contributed by atoms with van der Waals surface area (Å²) in [6.45, 7) is 0.786. The summed E-state index contributed by atoms with van der Waals surface area (Å²) < 4.78 is 27.6. The zero-order valence-corrected chi connectivity index (χ0v) is 12.2. The number of nitrogens with two attached hydrogens (primary N) is 1. The lowest BCUT2D eigenvalue weighted by Gasteiger charge is -2.26. The van der Waals surface area contributed by atoms with Crippen LogP contribution in [0.25, 0.3) is 0 Å². The van der Waals surface area contributed by atoms with Crippen molar-refractivity contribution in [3.05, 3.63) is 29.8 Å². The fourth-order valence-electron chi connectivity index (χ4n) is 2.05. The van der Waals surface area contributed by atoms with Gasteiger partial charge < -0.3 is 15.8 Å². The molecule has 0 aliphatic carbocycles. The van der Waals surface area contributed by atoms with Crippen LogP contribution in [0.15, 0.2) is 29.3 Å². The van der Waals surface area contributed by atoms with Crippen molar-refractivity contribution in [1.29, 1.82) is 0 Å². The molecule has 0 aromatic heterocycles. The molecule has 1 unspecified atom stereocenters. The Morgan fingerprint density at radius 2 is 2.25 bits per heavy atom. The summed E-state index contributed by atoms with van der Waals surface area (Å²) in [7, 11) is -3.01. The third-order valence-corrected chi connectivity index (χ3v) is 3.95. The van der Waals surface area contributed by atoms with Crippen molar-refractivity contribution in [2.24, 2.45) is 10.7 Å². The molecule has 3 N–H and O–H groups in total. The van der Waals surface area contributed by atoms with Crippen LogP contribution in [-0.4, -0.2) is 39.5 Å². The van der Waals surface area contributed by atoms with Crippen molar-refractivity contribution >= 4 is 15.8 Å². The van der Waals surface area contributed by atoms with E-state index in [2.05, 4.69) is 10.3 Å². The number of rotatable bonds is 4. The number of hydrogen-bond donors (Lipinski definition) is 2. The number of fused-ring (bicyclic) bond motifs is 1. The molecule has 20 heavy (non-hydrogen) atoms. The average Bonchev–Trinajstić information content (AvgIpc) is 2.37. The van der Waals surface area contributed by atoms with Gasteiger partial charge in [-0.2, -0.15) is 0 Å². The first-order valence-corrected chi connectivity index (χ1v) is 8.48. The lowest BCUT2D eigenvalue weighted by molar-refractivity contribution is 0.262. The van der Waals surface area contributed by atoms with Gasteiger partial charge in [-0.25, -0.2) is 8.42 Å². The van der Waals surface area contributed by atoms with Crippen LogP contribution in [0.2, 0.25) is 0 Å². The van der Waals surface area contributed by atoms with E-state index in [4.69, 9.17) is 10.5 Å². The molecule has 0 radical (unpaired) electrons. The van der Waals surface area contributed by atoms with Crippen LogP contribution >= 0.6 is 0 Å². The van der Waals surface area contributed by atoms with Crippen LogP contribution in [0.4, 0.5) is 0 Å². The van der Waals surface area contributed by atoms with Crippen molar-refractivity contribution in [3.63, 3.8) is 0 Å². The molecule has 110 valence electrons. The quantitative estimate of drug-likeness (QED) is 0.622. The van der Waals surface area contributed by atoms with E-state index < -0.39 is 9.84 Å². The maximum absolute atomic E-state index is 11.0. The van der Waals surface area contributed by atoms with Gasteiger partial charge in [0.25, 0.3) is 0 Å². The Bertz CT molecular complexity index is 599. The topological polar surface area (TPSA) is 93.8 Å². The molecule has 0 amide bonds. The summed E-state index contributed by atoms with van der Waals surface area (Å²) in [5.41, 5.74) is 6.84. The smallest absolute Gasteiger partial charge is 0.189 e. The fraction of sp³-hybridized carbons (Fsp3) is 0.462. The molecular weight excluding hydrogens is 278 g/mol. The number of aliphatic imine (C=N–C) groups is 1. The predicted octanol–water partition coefficient (Wildman–Crippen LogP) is 0.459. The molecule has 7 heteroatoms. The Kier molecular flexibility index (Phi) is 4.49. The number of nitrogens with zero attached hydrogens (tertiary/aromatic N) is 1. The van der Waals surface area contributed by atoms with Crippen LogP contribution in [0.5, 0.6) is 5.75 Å². The monoisotopic (exact) mass is 297 g/mol. The average molecular weight is 297 g/mol. The molecule has 1 aliphatic rings. The number of hydrogen-bond acceptors (Lipinski definition) is 4. The second-order valence-corrected chi connectivity index (χ2v) is 7.03. The predicted molar refractivity (Wildman–Crippen MR) is 78.6 cm³/mol. The Morgan fingerprint density at radius 1 is 1.50 bits per heavy atom. The molecule has 1 atom stereocenters. The second kappa shape index (κ2) is 6.13. The van der Waals surface area contributed by atoms with Crippen molar-refractivity contribution in [2.45, 2.75) is 12.5 Å². The lowest BCUT2D eigenvalue weighted by atomic mass is 10.0. The van der Waals surface area contributed by atoms with E-state index in [1.165, 1.54) is 6.26 Å². The SMILES string of the molecule is CS(=O)(=O)CCN=C(N)NC1CCOc2ccccc21. The van der Waals surface area contributed by atoms with Crippen molar-refractivity contribution in [1.82, 2.24) is 5.32 Å². The Labute approximate surface area is 119 Å². The second-order valence-electron chi connectivity index (χ2n) is 4.77. The third-order valence-electron chi connectivity index (χ3n) is 3.02. The Balaban J connectivity index is 1.99. The van der Waals surface area contributed by atoms with E-state index in [9.17, 15) is 8.42 Å². The number of guanidine groups is 1. The molecule has 2 rings (SSSR count). The van der Waals surface area contributed by atoms with Crippen LogP contribution in [0, 0.1) is 0 Å². The molecule has 0 saturated carbocycles. The highest BCUT2D eigenvalue weighted by Gasteiger charge is 2.21.